The van der Waals surface area contributed by atoms with Crippen LogP contribution in [0.1, 0.15) is 6.42 Å². The Balaban J connectivity index is 2.13. The molecule has 0 spiro atoms. The van der Waals surface area contributed by atoms with E-state index in [0.717, 1.165) is 0 Å². The van der Waals surface area contributed by atoms with Gasteiger partial charge in [-0.3, -0.25) is 0 Å². The summed E-state index contributed by atoms with van der Waals surface area (Å²) in [5, 5.41) is 0.321. The molecular weight excluding hydrogens is 304 g/mol. The number of hydrogen-bond donors (Lipinski definition) is 2. The molecule has 0 radical (unpaired) electrons. The predicted molar refractivity (Wildman–Crippen MR) is 76.2 cm³/mol. The molecule has 0 aromatic heterocycles. The number of methoxy groups -OCH3 is 1. The second-order valence-electron chi connectivity index (χ2n) is 4.70. The number of sulfonamides is 1. The normalized spacial score (nSPS) is 23.1. The molecule has 1 aliphatic rings. The van der Waals surface area contributed by atoms with Crippen molar-refractivity contribution in [1.82, 2.24) is 4.72 Å². The van der Waals surface area contributed by atoms with E-state index < -0.39 is 15.6 Å². The van der Waals surface area contributed by atoms with Gasteiger partial charge in [0.15, 0.2) is 0 Å². The van der Waals surface area contributed by atoms with Crippen LogP contribution in [0.3, 0.4) is 0 Å². The van der Waals surface area contributed by atoms with Crippen LogP contribution in [0.15, 0.2) is 23.1 Å². The zero-order valence-corrected chi connectivity index (χ0v) is 12.6. The third-order valence-electron chi connectivity index (χ3n) is 3.36. The first kappa shape index (κ1) is 15.5. The van der Waals surface area contributed by atoms with Gasteiger partial charge in [0.25, 0.3) is 0 Å². The molecule has 1 unspecified atom stereocenters. The molecule has 1 atom stereocenters. The fourth-order valence-electron chi connectivity index (χ4n) is 1.96. The highest BCUT2D eigenvalue weighted by atomic mass is 35.5. The summed E-state index contributed by atoms with van der Waals surface area (Å²) in [6.07, 6.45) is 0.648. The number of nitrogens with two attached hydrogens (primary N) is 1. The molecule has 0 amide bonds. The topological polar surface area (TPSA) is 90.7 Å². The molecule has 1 aromatic carbocycles. The standard InChI is InChI=1S/C12H17ClN2O4S/c1-18-12(4-5-19-8-12)7-15-20(16,17)9-2-3-10(13)11(14)6-9/h2-3,6,15H,4-5,7-8,14H2,1H3. The molecule has 0 aliphatic carbocycles. The first-order valence-corrected chi connectivity index (χ1v) is 7.92. The molecule has 2 rings (SSSR count). The van der Waals surface area contributed by atoms with Gasteiger partial charge in [0, 0.05) is 26.7 Å². The van der Waals surface area contributed by atoms with Crippen LogP contribution in [-0.4, -0.2) is 40.9 Å². The SMILES string of the molecule is COC1(CNS(=O)(=O)c2ccc(Cl)c(N)c2)CCOC1. The van der Waals surface area contributed by atoms with Gasteiger partial charge in [-0.15, -0.1) is 0 Å². The monoisotopic (exact) mass is 320 g/mol. The second kappa shape index (κ2) is 5.87. The zero-order valence-electron chi connectivity index (χ0n) is 11.1. The molecule has 1 aliphatic heterocycles. The van der Waals surface area contributed by atoms with Gasteiger partial charge in [-0.25, -0.2) is 13.1 Å². The molecular formula is C12H17ClN2O4S. The maximum Gasteiger partial charge on any atom is 0.240 e. The highest BCUT2D eigenvalue weighted by Crippen LogP contribution is 2.24. The van der Waals surface area contributed by atoms with Crippen LogP contribution in [0.2, 0.25) is 5.02 Å². The second-order valence-corrected chi connectivity index (χ2v) is 6.87. The van der Waals surface area contributed by atoms with E-state index in [4.69, 9.17) is 26.8 Å². The summed E-state index contributed by atoms with van der Waals surface area (Å²) in [6, 6.07) is 4.19. The average Bonchev–Trinajstić information content (AvgIpc) is 2.89. The molecule has 8 heteroatoms. The predicted octanol–water partition coefficient (Wildman–Crippen LogP) is 1.01. The van der Waals surface area contributed by atoms with Gasteiger partial charge in [0.1, 0.15) is 5.60 Å². The van der Waals surface area contributed by atoms with Gasteiger partial charge in [-0.2, -0.15) is 0 Å². The van der Waals surface area contributed by atoms with Crippen molar-refractivity contribution in [2.45, 2.75) is 16.9 Å². The molecule has 3 N–H and O–H groups in total. The maximum absolute atomic E-state index is 12.2. The van der Waals surface area contributed by atoms with E-state index in [1.165, 1.54) is 18.2 Å². The van der Waals surface area contributed by atoms with Gasteiger partial charge in [-0.1, -0.05) is 11.6 Å². The minimum atomic E-state index is -3.66. The maximum atomic E-state index is 12.2. The van der Waals surface area contributed by atoms with E-state index in [9.17, 15) is 8.42 Å². The summed E-state index contributed by atoms with van der Waals surface area (Å²) in [5.74, 6) is 0. The minimum absolute atomic E-state index is 0.0737. The molecule has 20 heavy (non-hydrogen) atoms. The van der Waals surface area contributed by atoms with E-state index in [-0.39, 0.29) is 17.1 Å². The lowest BCUT2D eigenvalue weighted by Gasteiger charge is -2.25. The third kappa shape index (κ3) is 3.24. The van der Waals surface area contributed by atoms with Crippen molar-refractivity contribution in [2.24, 2.45) is 0 Å². The lowest BCUT2D eigenvalue weighted by atomic mass is 10.0. The smallest absolute Gasteiger partial charge is 0.240 e. The Bertz CT molecular complexity index is 585. The first-order chi connectivity index (χ1) is 9.38. The molecule has 1 fully saturated rings. The number of benzene rings is 1. The average molecular weight is 321 g/mol. The zero-order chi connectivity index (χ0) is 14.8. The molecule has 1 aromatic rings. The number of anilines is 1. The Kier molecular flexibility index (Phi) is 4.55. The van der Waals surface area contributed by atoms with Gasteiger partial charge in [-0.05, 0) is 18.2 Å². The van der Waals surface area contributed by atoms with E-state index in [1.54, 1.807) is 7.11 Å². The number of ether oxygens (including phenoxy) is 2. The fourth-order valence-corrected chi connectivity index (χ4v) is 3.23. The molecule has 112 valence electrons. The largest absolute Gasteiger partial charge is 0.397 e. The molecule has 0 saturated carbocycles. The number of halogens is 1. The number of nitrogen functional groups attached to an aromatic ring is 1. The van der Waals surface area contributed by atoms with Crippen molar-refractivity contribution < 1.29 is 17.9 Å². The highest BCUT2D eigenvalue weighted by molar-refractivity contribution is 7.89. The molecule has 1 saturated heterocycles. The van der Waals surface area contributed by atoms with Gasteiger partial charge < -0.3 is 15.2 Å². The Morgan fingerprint density at radius 3 is 2.85 bits per heavy atom. The van der Waals surface area contributed by atoms with Crippen molar-refractivity contribution >= 4 is 27.3 Å². The summed E-state index contributed by atoms with van der Waals surface area (Å²) in [7, 11) is -2.11. The van der Waals surface area contributed by atoms with Crippen molar-refractivity contribution in [3.05, 3.63) is 23.2 Å². The van der Waals surface area contributed by atoms with Crippen molar-refractivity contribution in [3.8, 4) is 0 Å². The Hall–Kier alpha value is -0.860. The van der Waals surface area contributed by atoms with E-state index in [1.807, 2.05) is 0 Å². The summed E-state index contributed by atoms with van der Waals surface area (Å²) in [4.78, 5) is 0.0737. The van der Waals surface area contributed by atoms with Crippen LogP contribution < -0.4 is 10.5 Å². The highest BCUT2D eigenvalue weighted by Gasteiger charge is 2.36. The summed E-state index contributed by atoms with van der Waals surface area (Å²) in [5.41, 5.74) is 5.24. The van der Waals surface area contributed by atoms with Gasteiger partial charge >= 0.3 is 0 Å². The first-order valence-electron chi connectivity index (χ1n) is 6.06. The Morgan fingerprint density at radius 1 is 1.55 bits per heavy atom. The van der Waals surface area contributed by atoms with Crippen LogP contribution in [0, 0.1) is 0 Å². The fraction of sp³-hybridized carbons (Fsp3) is 0.500. The quantitative estimate of drug-likeness (QED) is 0.790. The lowest BCUT2D eigenvalue weighted by molar-refractivity contribution is -0.0120. The molecule has 0 bridgehead atoms. The third-order valence-corrected chi connectivity index (χ3v) is 5.11. The van der Waals surface area contributed by atoms with Crippen molar-refractivity contribution in [3.63, 3.8) is 0 Å². The van der Waals surface area contributed by atoms with Crippen molar-refractivity contribution in [2.75, 3.05) is 32.6 Å². The minimum Gasteiger partial charge on any atom is -0.397 e. The molecule has 6 nitrogen and oxygen atoms in total. The Labute approximate surface area is 123 Å². The van der Waals surface area contributed by atoms with Crippen LogP contribution >= 0.6 is 11.6 Å². The van der Waals surface area contributed by atoms with Crippen LogP contribution in [0.25, 0.3) is 0 Å². The number of nitrogens with one attached hydrogen (secondary N) is 1. The van der Waals surface area contributed by atoms with E-state index in [0.29, 0.717) is 24.7 Å². The van der Waals surface area contributed by atoms with E-state index in [2.05, 4.69) is 4.72 Å². The van der Waals surface area contributed by atoms with E-state index >= 15 is 0 Å². The van der Waals surface area contributed by atoms with Gasteiger partial charge in [0.05, 0.1) is 22.2 Å². The van der Waals surface area contributed by atoms with Crippen molar-refractivity contribution in [1.29, 1.82) is 0 Å². The summed E-state index contributed by atoms with van der Waals surface area (Å²) >= 11 is 5.78. The lowest BCUT2D eigenvalue weighted by Crippen LogP contribution is -2.44. The summed E-state index contributed by atoms with van der Waals surface area (Å²) in [6.45, 7) is 1.08. The van der Waals surface area contributed by atoms with Crippen LogP contribution in [-0.2, 0) is 19.5 Å². The number of hydrogen-bond acceptors (Lipinski definition) is 5. The Morgan fingerprint density at radius 2 is 2.30 bits per heavy atom. The van der Waals surface area contributed by atoms with Crippen LogP contribution in [0.4, 0.5) is 5.69 Å². The van der Waals surface area contributed by atoms with Gasteiger partial charge in [0.2, 0.25) is 10.0 Å². The summed E-state index contributed by atoms with van der Waals surface area (Å²) < 4.78 is 37.6. The molecule has 1 heterocycles. The van der Waals surface area contributed by atoms with Crippen LogP contribution in [0.5, 0.6) is 0 Å². The number of rotatable bonds is 5.